The van der Waals surface area contributed by atoms with E-state index in [1.54, 1.807) is 32.9 Å². The van der Waals surface area contributed by atoms with Gasteiger partial charge in [-0.1, -0.05) is 30.3 Å². The average Bonchev–Trinajstić information content (AvgIpc) is 3.15. The number of likely N-dealkylation sites (tertiary alicyclic amines) is 1. The largest absolute Gasteiger partial charge is 0.507 e. The first-order chi connectivity index (χ1) is 16.0. The number of nitrogens with one attached hydrogen (secondary N) is 1. The van der Waals surface area contributed by atoms with Crippen LogP contribution in [0.4, 0.5) is 20.2 Å². The molecule has 1 saturated heterocycles. The van der Waals surface area contributed by atoms with Gasteiger partial charge in [0, 0.05) is 19.2 Å². The Balaban J connectivity index is 1.67. The molecule has 0 spiro atoms. The number of ether oxygens (including phenoxy) is 3. The van der Waals surface area contributed by atoms with Crippen LogP contribution < -0.4 is 11.0 Å². The second-order valence-electron chi connectivity index (χ2n) is 8.55. The fraction of sp³-hybridized carbons (Fsp3) is 0.409. The summed E-state index contributed by atoms with van der Waals surface area (Å²) in [7, 11) is 0. The summed E-state index contributed by atoms with van der Waals surface area (Å²) < 4.78 is 16.5. The molecule has 2 aromatic rings. The number of carbonyl (C=O) groups is 3. The SMILES string of the molecule is CC(C)(C)OC(=O)N1C[C@H](n2ccc(NC(=O)OCc3ccccc3)nc2=O)CC1OC(=O)O. The molecule has 1 aromatic heterocycles. The standard InChI is InChI=1S/C22H26N4O8/c1-22(2,3)34-20(29)26-12-15(11-17(26)33-21(30)31)25-10-9-16(23-18(25)27)24-19(28)32-13-14-7-5-4-6-8-14/h4-10,15,17H,11-13H2,1-3H3,(H,30,31)(H,23,24,27,28)/t15-,17?/m1/s1. The lowest BCUT2D eigenvalue weighted by atomic mass is 10.2. The van der Waals surface area contributed by atoms with Gasteiger partial charge in [-0.05, 0) is 32.4 Å². The minimum Gasteiger partial charge on any atom is -0.450 e. The first-order valence-corrected chi connectivity index (χ1v) is 10.5. The highest BCUT2D eigenvalue weighted by molar-refractivity contribution is 5.83. The summed E-state index contributed by atoms with van der Waals surface area (Å²) in [5.41, 5.74) is -0.704. The molecule has 0 saturated carbocycles. The van der Waals surface area contributed by atoms with Crippen LogP contribution in [-0.4, -0.2) is 56.3 Å². The molecule has 1 fully saturated rings. The molecule has 2 N–H and O–H groups in total. The van der Waals surface area contributed by atoms with Crippen LogP contribution in [0.15, 0.2) is 47.4 Å². The summed E-state index contributed by atoms with van der Waals surface area (Å²) in [6.45, 7) is 5.06. The maximum atomic E-state index is 12.6. The first kappa shape index (κ1) is 24.6. The lowest BCUT2D eigenvalue weighted by Gasteiger charge is -2.27. The van der Waals surface area contributed by atoms with Crippen LogP contribution in [0.2, 0.25) is 0 Å². The Morgan fingerprint density at radius 3 is 2.50 bits per heavy atom. The van der Waals surface area contributed by atoms with Crippen molar-refractivity contribution in [3.63, 3.8) is 0 Å². The van der Waals surface area contributed by atoms with Crippen molar-refractivity contribution in [1.82, 2.24) is 14.5 Å². The van der Waals surface area contributed by atoms with E-state index >= 15 is 0 Å². The highest BCUT2D eigenvalue weighted by Crippen LogP contribution is 2.29. The van der Waals surface area contributed by atoms with Gasteiger partial charge >= 0.3 is 24.0 Å². The number of carbonyl (C=O) groups excluding carboxylic acids is 2. The van der Waals surface area contributed by atoms with Crippen LogP contribution in [-0.2, 0) is 20.8 Å². The van der Waals surface area contributed by atoms with Gasteiger partial charge in [0.05, 0.1) is 6.04 Å². The molecule has 12 heteroatoms. The van der Waals surface area contributed by atoms with Crippen LogP contribution in [0, 0.1) is 0 Å². The van der Waals surface area contributed by atoms with E-state index in [2.05, 4.69) is 10.3 Å². The second-order valence-corrected chi connectivity index (χ2v) is 8.55. The van der Waals surface area contributed by atoms with E-state index < -0.39 is 41.9 Å². The summed E-state index contributed by atoms with van der Waals surface area (Å²) in [5.74, 6) is -0.0142. The van der Waals surface area contributed by atoms with E-state index in [1.165, 1.54) is 16.8 Å². The minimum atomic E-state index is -1.56. The van der Waals surface area contributed by atoms with Gasteiger partial charge in [0.25, 0.3) is 0 Å². The summed E-state index contributed by atoms with van der Waals surface area (Å²) in [6, 6.07) is 9.86. The number of hydrogen-bond acceptors (Lipinski definition) is 8. The molecule has 2 heterocycles. The summed E-state index contributed by atoms with van der Waals surface area (Å²) in [5, 5.41) is 11.4. The van der Waals surface area contributed by atoms with Gasteiger partial charge < -0.3 is 19.3 Å². The zero-order chi connectivity index (χ0) is 24.9. The Kier molecular flexibility index (Phi) is 7.39. The third kappa shape index (κ3) is 6.70. The fourth-order valence-electron chi connectivity index (χ4n) is 3.35. The molecule has 2 amide bonds. The zero-order valence-corrected chi connectivity index (χ0v) is 19.0. The summed E-state index contributed by atoms with van der Waals surface area (Å²) >= 11 is 0. The minimum absolute atomic E-state index is 0.0142. The van der Waals surface area contributed by atoms with Gasteiger partial charge in [-0.25, -0.2) is 19.2 Å². The van der Waals surface area contributed by atoms with Crippen molar-refractivity contribution in [2.24, 2.45) is 0 Å². The lowest BCUT2D eigenvalue weighted by molar-refractivity contribution is -0.0324. The van der Waals surface area contributed by atoms with Crippen LogP contribution in [0.5, 0.6) is 0 Å². The van der Waals surface area contributed by atoms with Gasteiger partial charge in [-0.2, -0.15) is 4.98 Å². The fourth-order valence-corrected chi connectivity index (χ4v) is 3.35. The lowest BCUT2D eigenvalue weighted by Crippen LogP contribution is -2.42. The molecule has 0 radical (unpaired) electrons. The van der Waals surface area contributed by atoms with Gasteiger partial charge in [0.2, 0.25) is 0 Å². The molecule has 1 unspecified atom stereocenters. The molecule has 0 bridgehead atoms. The molecular formula is C22H26N4O8. The van der Waals surface area contributed by atoms with E-state index in [0.717, 1.165) is 10.5 Å². The summed E-state index contributed by atoms with van der Waals surface area (Å²) in [4.78, 5) is 53.1. The highest BCUT2D eigenvalue weighted by Gasteiger charge is 2.41. The Labute approximate surface area is 195 Å². The van der Waals surface area contributed by atoms with Crippen LogP contribution in [0.1, 0.15) is 38.8 Å². The summed E-state index contributed by atoms with van der Waals surface area (Å²) in [6.07, 6.45) is -2.81. The Morgan fingerprint density at radius 2 is 1.88 bits per heavy atom. The second kappa shape index (κ2) is 10.2. The number of amides is 2. The predicted molar refractivity (Wildman–Crippen MR) is 118 cm³/mol. The maximum Gasteiger partial charge on any atom is 0.507 e. The maximum absolute atomic E-state index is 12.6. The Hall–Kier alpha value is -4.09. The molecule has 1 aromatic carbocycles. The predicted octanol–water partition coefficient (Wildman–Crippen LogP) is 3.19. The zero-order valence-electron chi connectivity index (χ0n) is 19.0. The third-order valence-electron chi connectivity index (χ3n) is 4.76. The number of carboxylic acid groups (broad SMARTS) is 1. The topological polar surface area (TPSA) is 149 Å². The van der Waals surface area contributed by atoms with E-state index in [9.17, 15) is 19.2 Å². The average molecular weight is 474 g/mol. The third-order valence-corrected chi connectivity index (χ3v) is 4.76. The highest BCUT2D eigenvalue weighted by atomic mass is 16.7. The molecule has 3 rings (SSSR count). The number of aromatic nitrogens is 2. The van der Waals surface area contributed by atoms with Crippen molar-refractivity contribution in [3.8, 4) is 0 Å². The molecule has 2 atom stereocenters. The monoisotopic (exact) mass is 474 g/mol. The normalized spacial score (nSPS) is 17.7. The van der Waals surface area contributed by atoms with E-state index in [-0.39, 0.29) is 25.4 Å². The Bertz CT molecular complexity index is 1100. The number of benzene rings is 1. The van der Waals surface area contributed by atoms with Crippen LogP contribution >= 0.6 is 0 Å². The van der Waals surface area contributed by atoms with Gasteiger partial charge in [0.1, 0.15) is 18.0 Å². The van der Waals surface area contributed by atoms with Crippen molar-refractivity contribution in [2.75, 3.05) is 11.9 Å². The van der Waals surface area contributed by atoms with Gasteiger partial charge in [0.15, 0.2) is 6.23 Å². The van der Waals surface area contributed by atoms with Crippen molar-refractivity contribution in [3.05, 3.63) is 58.6 Å². The van der Waals surface area contributed by atoms with Crippen molar-refractivity contribution in [2.45, 2.75) is 51.7 Å². The molecule has 1 aliphatic rings. The molecule has 182 valence electrons. The number of hydrogen-bond donors (Lipinski definition) is 2. The van der Waals surface area contributed by atoms with Crippen LogP contribution in [0.3, 0.4) is 0 Å². The van der Waals surface area contributed by atoms with Crippen molar-refractivity contribution < 1.29 is 33.7 Å². The molecule has 34 heavy (non-hydrogen) atoms. The number of anilines is 1. The Morgan fingerprint density at radius 1 is 1.18 bits per heavy atom. The molecular weight excluding hydrogens is 448 g/mol. The molecule has 1 aliphatic heterocycles. The molecule has 12 nitrogen and oxygen atoms in total. The van der Waals surface area contributed by atoms with Crippen molar-refractivity contribution >= 4 is 24.2 Å². The van der Waals surface area contributed by atoms with E-state index in [1.807, 2.05) is 18.2 Å². The van der Waals surface area contributed by atoms with E-state index in [4.69, 9.17) is 19.3 Å². The smallest absolute Gasteiger partial charge is 0.450 e. The molecule has 0 aliphatic carbocycles. The van der Waals surface area contributed by atoms with E-state index in [0.29, 0.717) is 0 Å². The van der Waals surface area contributed by atoms with Crippen molar-refractivity contribution in [1.29, 1.82) is 0 Å². The number of nitrogens with zero attached hydrogens (tertiary/aromatic N) is 3. The van der Waals surface area contributed by atoms with Gasteiger partial charge in [-0.3, -0.25) is 14.8 Å². The van der Waals surface area contributed by atoms with Crippen LogP contribution in [0.25, 0.3) is 0 Å². The van der Waals surface area contributed by atoms with Gasteiger partial charge in [-0.15, -0.1) is 0 Å². The number of rotatable bonds is 5. The first-order valence-electron chi connectivity index (χ1n) is 10.5. The quantitative estimate of drug-likeness (QED) is 0.492.